The van der Waals surface area contributed by atoms with Crippen molar-refractivity contribution >= 4 is 23.5 Å². The number of rotatable bonds is 5. The molecular formula is C16H18N2O6. The van der Waals surface area contributed by atoms with Gasteiger partial charge < -0.3 is 14.8 Å². The van der Waals surface area contributed by atoms with E-state index in [0.29, 0.717) is 5.69 Å². The second-order valence-corrected chi connectivity index (χ2v) is 5.03. The molecule has 2 rings (SSSR count). The molecule has 2 amide bonds. The van der Waals surface area contributed by atoms with Crippen LogP contribution in [0.3, 0.4) is 0 Å². The fraction of sp³-hybridized carbons (Fsp3) is 0.312. The summed E-state index contributed by atoms with van der Waals surface area (Å²) in [4.78, 5) is 39.7. The smallest absolute Gasteiger partial charge is 0.377 e. The Morgan fingerprint density at radius 1 is 1.29 bits per heavy atom. The van der Waals surface area contributed by atoms with Gasteiger partial charge in [-0.15, -0.1) is 0 Å². The van der Waals surface area contributed by atoms with Crippen LogP contribution in [0.4, 0.5) is 5.69 Å². The van der Waals surface area contributed by atoms with Crippen molar-refractivity contribution in [1.82, 2.24) is 5.06 Å². The van der Waals surface area contributed by atoms with Gasteiger partial charge in [-0.3, -0.25) is 14.4 Å². The predicted octanol–water partition coefficient (Wildman–Crippen LogP) is 1.34. The second-order valence-electron chi connectivity index (χ2n) is 5.03. The predicted molar refractivity (Wildman–Crippen MR) is 83.0 cm³/mol. The maximum absolute atomic E-state index is 12.2. The highest BCUT2D eigenvalue weighted by Crippen LogP contribution is 2.17. The quantitative estimate of drug-likeness (QED) is 0.496. The minimum Gasteiger partial charge on any atom is -0.447 e. The first kappa shape index (κ1) is 17.5. The van der Waals surface area contributed by atoms with E-state index in [1.54, 1.807) is 31.2 Å². The van der Waals surface area contributed by atoms with Crippen molar-refractivity contribution in [2.75, 3.05) is 12.4 Å². The number of benzene rings is 1. The molecule has 1 unspecified atom stereocenters. The lowest BCUT2D eigenvalue weighted by Crippen LogP contribution is -2.28. The molecule has 1 N–H and O–H groups in total. The van der Waals surface area contributed by atoms with Gasteiger partial charge in [0.05, 0.1) is 19.7 Å². The van der Waals surface area contributed by atoms with Crippen LogP contribution in [0.2, 0.25) is 0 Å². The maximum Gasteiger partial charge on any atom is 0.377 e. The van der Waals surface area contributed by atoms with Crippen molar-refractivity contribution in [3.05, 3.63) is 41.7 Å². The van der Waals surface area contributed by atoms with Crippen LogP contribution < -0.4 is 5.32 Å². The van der Waals surface area contributed by atoms with Crippen LogP contribution in [0, 0.1) is 0 Å². The number of cyclic esters (lactones) is 1. The number of nitrogens with one attached hydrogen (secondary N) is 1. The Morgan fingerprint density at radius 3 is 2.46 bits per heavy atom. The fourth-order valence-electron chi connectivity index (χ4n) is 2.03. The van der Waals surface area contributed by atoms with Gasteiger partial charge in [0.15, 0.2) is 0 Å². The average Bonchev–Trinajstić information content (AvgIpc) is 2.83. The Morgan fingerprint density at radius 2 is 1.96 bits per heavy atom. The third kappa shape index (κ3) is 4.56. The van der Waals surface area contributed by atoms with Gasteiger partial charge in [0, 0.05) is 19.5 Å². The number of hydroxylamine groups is 2. The van der Waals surface area contributed by atoms with Crippen LogP contribution in [0.1, 0.15) is 19.4 Å². The van der Waals surface area contributed by atoms with Gasteiger partial charge >= 0.3 is 5.97 Å². The molecule has 1 heterocycles. The van der Waals surface area contributed by atoms with Gasteiger partial charge in [0.2, 0.25) is 18.0 Å². The Balaban J connectivity index is 2.03. The van der Waals surface area contributed by atoms with Crippen molar-refractivity contribution in [3.63, 3.8) is 0 Å². The zero-order valence-electron chi connectivity index (χ0n) is 13.6. The summed E-state index contributed by atoms with van der Waals surface area (Å²) in [5.41, 5.74) is 1.43. The zero-order valence-corrected chi connectivity index (χ0v) is 13.6. The first-order valence-corrected chi connectivity index (χ1v) is 7.20. The maximum atomic E-state index is 12.2. The van der Waals surface area contributed by atoms with Gasteiger partial charge in [-0.05, 0) is 17.7 Å². The third-order valence-corrected chi connectivity index (χ3v) is 3.09. The van der Waals surface area contributed by atoms with Crippen molar-refractivity contribution in [1.29, 1.82) is 0 Å². The van der Waals surface area contributed by atoms with E-state index in [2.05, 4.69) is 5.32 Å². The Hall–Kier alpha value is -2.87. The molecule has 24 heavy (non-hydrogen) atoms. The monoisotopic (exact) mass is 334 g/mol. The molecule has 0 spiro atoms. The number of carbonyl (C=O) groups excluding carboxylic acids is 3. The number of hydrogen-bond donors (Lipinski definition) is 1. The SMILES string of the molecule is CON(Cc1ccc(NC(C)=O)cc1)C(=O)/C=C1\OC(C)OC1=O. The summed E-state index contributed by atoms with van der Waals surface area (Å²) in [6, 6.07) is 6.93. The molecule has 1 aliphatic rings. The highest BCUT2D eigenvalue weighted by atomic mass is 16.7. The van der Waals surface area contributed by atoms with Crippen molar-refractivity contribution < 1.29 is 28.7 Å². The van der Waals surface area contributed by atoms with Gasteiger partial charge in [-0.2, -0.15) is 0 Å². The minimum atomic E-state index is -0.714. The number of carbonyl (C=O) groups is 3. The Kier molecular flexibility index (Phi) is 5.54. The Labute approximate surface area is 138 Å². The van der Waals surface area contributed by atoms with Gasteiger partial charge in [0.25, 0.3) is 5.91 Å². The van der Waals surface area contributed by atoms with Gasteiger partial charge in [0.1, 0.15) is 0 Å². The molecule has 1 aromatic rings. The van der Waals surface area contributed by atoms with Crippen molar-refractivity contribution in [2.24, 2.45) is 0 Å². The first-order valence-electron chi connectivity index (χ1n) is 7.20. The lowest BCUT2D eigenvalue weighted by atomic mass is 10.2. The number of amides is 2. The highest BCUT2D eigenvalue weighted by molar-refractivity contribution is 5.97. The average molecular weight is 334 g/mol. The number of ether oxygens (including phenoxy) is 2. The molecule has 128 valence electrons. The minimum absolute atomic E-state index is 0.157. The van der Waals surface area contributed by atoms with E-state index < -0.39 is 18.2 Å². The van der Waals surface area contributed by atoms with E-state index in [-0.39, 0.29) is 18.2 Å². The lowest BCUT2D eigenvalue weighted by molar-refractivity contribution is -0.173. The van der Waals surface area contributed by atoms with E-state index in [0.717, 1.165) is 16.7 Å². The lowest BCUT2D eigenvalue weighted by Gasteiger charge is -2.18. The van der Waals surface area contributed by atoms with Crippen LogP contribution in [-0.2, 0) is 35.2 Å². The second kappa shape index (κ2) is 7.60. The summed E-state index contributed by atoms with van der Waals surface area (Å²) in [6.07, 6.45) is 0.315. The van der Waals surface area contributed by atoms with Crippen LogP contribution >= 0.6 is 0 Å². The normalized spacial score (nSPS) is 18.0. The topological polar surface area (TPSA) is 94.2 Å². The van der Waals surface area contributed by atoms with Gasteiger partial charge in [-0.1, -0.05) is 12.1 Å². The number of anilines is 1. The summed E-state index contributed by atoms with van der Waals surface area (Å²) in [6.45, 7) is 3.13. The number of hydrogen-bond acceptors (Lipinski definition) is 6. The highest BCUT2D eigenvalue weighted by Gasteiger charge is 2.28. The molecule has 0 aromatic heterocycles. The zero-order chi connectivity index (χ0) is 17.7. The van der Waals surface area contributed by atoms with Crippen molar-refractivity contribution in [3.8, 4) is 0 Å². The molecule has 1 atom stereocenters. The number of esters is 1. The summed E-state index contributed by atoms with van der Waals surface area (Å²) >= 11 is 0. The molecule has 8 heteroatoms. The van der Waals surface area contributed by atoms with Crippen LogP contribution in [0.15, 0.2) is 36.1 Å². The van der Waals surface area contributed by atoms with Crippen LogP contribution in [0.25, 0.3) is 0 Å². The van der Waals surface area contributed by atoms with E-state index >= 15 is 0 Å². The fourth-order valence-corrected chi connectivity index (χ4v) is 2.03. The van der Waals surface area contributed by atoms with Gasteiger partial charge in [-0.25, -0.2) is 9.86 Å². The summed E-state index contributed by atoms with van der Waals surface area (Å²) in [5, 5.41) is 3.72. The molecule has 0 radical (unpaired) electrons. The molecule has 0 bridgehead atoms. The van der Waals surface area contributed by atoms with E-state index in [1.807, 2.05) is 0 Å². The molecule has 0 saturated carbocycles. The molecule has 1 saturated heterocycles. The largest absolute Gasteiger partial charge is 0.447 e. The van der Waals surface area contributed by atoms with E-state index in [9.17, 15) is 14.4 Å². The van der Waals surface area contributed by atoms with Crippen molar-refractivity contribution in [2.45, 2.75) is 26.7 Å². The molecule has 8 nitrogen and oxygen atoms in total. The summed E-state index contributed by atoms with van der Waals surface area (Å²) in [7, 11) is 1.35. The van der Waals surface area contributed by atoms with E-state index in [1.165, 1.54) is 14.0 Å². The molecule has 0 aliphatic carbocycles. The summed E-state index contributed by atoms with van der Waals surface area (Å²) < 4.78 is 9.86. The first-order chi connectivity index (χ1) is 11.4. The van der Waals surface area contributed by atoms with Crippen LogP contribution in [-0.4, -0.2) is 36.2 Å². The standard InChI is InChI=1S/C16H18N2O6/c1-10(19)17-13-6-4-12(5-7-13)9-18(22-3)15(20)8-14-16(21)24-11(2)23-14/h4-8,11H,9H2,1-3H3,(H,17,19)/b14-8-. The Bertz CT molecular complexity index is 668. The summed E-state index contributed by atoms with van der Waals surface area (Å²) in [5.74, 6) is -1.56. The number of nitrogens with zero attached hydrogens (tertiary/aromatic N) is 1. The molecule has 1 aliphatic heterocycles. The van der Waals surface area contributed by atoms with Crippen LogP contribution in [0.5, 0.6) is 0 Å². The molecular weight excluding hydrogens is 316 g/mol. The molecule has 1 aromatic carbocycles. The third-order valence-electron chi connectivity index (χ3n) is 3.09. The molecule has 1 fully saturated rings. The van der Waals surface area contributed by atoms with E-state index in [4.69, 9.17) is 14.3 Å².